The molecule has 0 unspecified atom stereocenters. The van der Waals surface area contributed by atoms with Crippen molar-refractivity contribution in [1.29, 1.82) is 0 Å². The van der Waals surface area contributed by atoms with Gasteiger partial charge in [-0.05, 0) is 61.7 Å². The zero-order valence-electron chi connectivity index (χ0n) is 16.1. The van der Waals surface area contributed by atoms with E-state index in [2.05, 4.69) is 39.2 Å². The molecule has 2 N–H and O–H groups in total. The average molecular weight is 402 g/mol. The molecule has 0 radical (unpaired) electrons. The third-order valence-electron chi connectivity index (χ3n) is 5.00. The molecule has 1 aliphatic rings. The Morgan fingerprint density at radius 1 is 1.04 bits per heavy atom. The predicted molar refractivity (Wildman–Crippen MR) is 110 cm³/mol. The molecule has 6 nitrogen and oxygen atoms in total. The van der Waals surface area contributed by atoms with Gasteiger partial charge in [0.05, 0.1) is 4.90 Å². The lowest BCUT2D eigenvalue weighted by Gasteiger charge is -2.32. The molecular formula is C21H27N3O3S. The van der Waals surface area contributed by atoms with Gasteiger partial charge in [0.15, 0.2) is 0 Å². The number of anilines is 1. The Labute approximate surface area is 167 Å². The number of amides is 1. The van der Waals surface area contributed by atoms with Gasteiger partial charge in [0.1, 0.15) is 0 Å². The summed E-state index contributed by atoms with van der Waals surface area (Å²) in [6.07, 6.45) is 1.97. The van der Waals surface area contributed by atoms with E-state index in [1.165, 1.54) is 24.6 Å². The number of nitrogens with zero attached hydrogens (tertiary/aromatic N) is 1. The number of rotatable bonds is 7. The molecule has 3 rings (SSSR count). The Bertz CT molecular complexity index is 875. The maximum absolute atomic E-state index is 12.5. The molecule has 0 atom stereocenters. The number of carbonyl (C=O) groups excluding carboxylic acids is 1. The highest BCUT2D eigenvalue weighted by atomic mass is 32.2. The molecule has 2 aromatic rings. The van der Waals surface area contributed by atoms with Crippen LogP contribution in [0.4, 0.5) is 5.69 Å². The zero-order chi connectivity index (χ0) is 20.0. The van der Waals surface area contributed by atoms with Gasteiger partial charge < -0.3 is 5.32 Å². The first-order chi connectivity index (χ1) is 13.4. The smallest absolute Gasteiger partial charge is 0.240 e. The standard InChI is InChI=1S/C21H27N3O3S/c1-17(25)23-20-7-9-21(10-8-20)28(26,27)22-15-18-11-13-24(14-12-18)16-19-5-3-2-4-6-19/h2-10,18,22H,11-16H2,1H3,(H,23,25). The van der Waals surface area contributed by atoms with Gasteiger partial charge in [0.25, 0.3) is 0 Å². The second-order valence-corrected chi connectivity index (χ2v) is 9.03. The number of likely N-dealkylation sites (tertiary alicyclic amines) is 1. The zero-order valence-corrected chi connectivity index (χ0v) is 16.9. The van der Waals surface area contributed by atoms with Crippen molar-refractivity contribution in [3.05, 3.63) is 60.2 Å². The largest absolute Gasteiger partial charge is 0.326 e. The van der Waals surface area contributed by atoms with Crippen molar-refractivity contribution in [1.82, 2.24) is 9.62 Å². The summed E-state index contributed by atoms with van der Waals surface area (Å²) < 4.78 is 27.7. The van der Waals surface area contributed by atoms with E-state index in [0.717, 1.165) is 32.5 Å². The van der Waals surface area contributed by atoms with Crippen LogP contribution < -0.4 is 10.0 Å². The summed E-state index contributed by atoms with van der Waals surface area (Å²) in [5, 5.41) is 2.63. The van der Waals surface area contributed by atoms with Crippen LogP contribution in [0.25, 0.3) is 0 Å². The quantitative estimate of drug-likeness (QED) is 0.748. The van der Waals surface area contributed by atoms with Crippen molar-refractivity contribution in [3.63, 3.8) is 0 Å². The van der Waals surface area contributed by atoms with Crippen LogP contribution >= 0.6 is 0 Å². The lowest BCUT2D eigenvalue weighted by atomic mass is 9.97. The van der Waals surface area contributed by atoms with Crippen LogP contribution in [-0.4, -0.2) is 38.9 Å². The fraction of sp³-hybridized carbons (Fsp3) is 0.381. The Hall–Kier alpha value is -2.22. The number of carbonyl (C=O) groups is 1. The number of hydrogen-bond donors (Lipinski definition) is 2. The van der Waals surface area contributed by atoms with Gasteiger partial charge in [-0.15, -0.1) is 0 Å². The molecule has 0 bridgehead atoms. The third kappa shape index (κ3) is 5.89. The molecular weight excluding hydrogens is 374 g/mol. The SMILES string of the molecule is CC(=O)Nc1ccc(S(=O)(=O)NCC2CCN(Cc3ccccc3)CC2)cc1. The highest BCUT2D eigenvalue weighted by molar-refractivity contribution is 7.89. The summed E-state index contributed by atoms with van der Waals surface area (Å²) >= 11 is 0. The van der Waals surface area contributed by atoms with Gasteiger partial charge in [0.2, 0.25) is 15.9 Å². The van der Waals surface area contributed by atoms with Crippen LogP contribution in [0.3, 0.4) is 0 Å². The molecule has 0 aliphatic carbocycles. The van der Waals surface area contributed by atoms with Crippen molar-refractivity contribution >= 4 is 21.6 Å². The number of hydrogen-bond acceptors (Lipinski definition) is 4. The van der Waals surface area contributed by atoms with Crippen LogP contribution in [-0.2, 0) is 21.4 Å². The molecule has 0 spiro atoms. The van der Waals surface area contributed by atoms with Gasteiger partial charge in [-0.2, -0.15) is 0 Å². The Morgan fingerprint density at radius 2 is 1.68 bits per heavy atom. The first-order valence-corrected chi connectivity index (χ1v) is 11.0. The molecule has 1 saturated heterocycles. The third-order valence-corrected chi connectivity index (χ3v) is 6.44. The summed E-state index contributed by atoms with van der Waals surface area (Å²) in [6.45, 7) is 4.77. The van der Waals surface area contributed by atoms with Crippen molar-refractivity contribution in [2.45, 2.75) is 31.2 Å². The van der Waals surface area contributed by atoms with Gasteiger partial charge >= 0.3 is 0 Å². The molecule has 1 aliphatic heterocycles. The van der Waals surface area contributed by atoms with Gasteiger partial charge in [0, 0.05) is 25.7 Å². The van der Waals surface area contributed by atoms with Crippen molar-refractivity contribution < 1.29 is 13.2 Å². The normalized spacial score (nSPS) is 16.0. The van der Waals surface area contributed by atoms with Crippen LogP contribution in [0, 0.1) is 5.92 Å². The van der Waals surface area contributed by atoms with Crippen LogP contribution in [0.1, 0.15) is 25.3 Å². The van der Waals surface area contributed by atoms with Crippen LogP contribution in [0.2, 0.25) is 0 Å². The molecule has 1 heterocycles. The minimum Gasteiger partial charge on any atom is -0.326 e. The summed E-state index contributed by atoms with van der Waals surface area (Å²) in [7, 11) is -3.54. The maximum atomic E-state index is 12.5. The summed E-state index contributed by atoms with van der Waals surface area (Å²) in [4.78, 5) is 13.7. The first kappa shape index (κ1) is 20.5. The molecule has 2 aromatic carbocycles. The number of benzene rings is 2. The lowest BCUT2D eigenvalue weighted by Crippen LogP contribution is -2.38. The average Bonchev–Trinajstić information content (AvgIpc) is 2.68. The Balaban J connectivity index is 1.47. The van der Waals surface area contributed by atoms with E-state index in [9.17, 15) is 13.2 Å². The first-order valence-electron chi connectivity index (χ1n) is 9.56. The molecule has 0 aromatic heterocycles. The van der Waals surface area contributed by atoms with E-state index in [-0.39, 0.29) is 10.8 Å². The Kier molecular flexibility index (Phi) is 6.83. The van der Waals surface area contributed by atoms with Crippen molar-refractivity contribution in [2.75, 3.05) is 25.0 Å². The molecule has 1 fully saturated rings. The second-order valence-electron chi connectivity index (χ2n) is 7.26. The minimum atomic E-state index is -3.54. The van der Waals surface area contributed by atoms with Crippen LogP contribution in [0.15, 0.2) is 59.5 Å². The van der Waals surface area contributed by atoms with Gasteiger partial charge in [-0.3, -0.25) is 9.69 Å². The fourth-order valence-corrected chi connectivity index (χ4v) is 4.54. The fourth-order valence-electron chi connectivity index (χ4n) is 3.42. The van der Waals surface area contributed by atoms with Gasteiger partial charge in [-0.1, -0.05) is 30.3 Å². The monoisotopic (exact) mass is 401 g/mol. The lowest BCUT2D eigenvalue weighted by molar-refractivity contribution is -0.114. The molecule has 150 valence electrons. The van der Waals surface area contributed by atoms with E-state index in [1.807, 2.05) is 6.07 Å². The predicted octanol–water partition coefficient (Wildman–Crippen LogP) is 2.84. The molecule has 1 amide bonds. The van der Waals surface area contributed by atoms with E-state index >= 15 is 0 Å². The van der Waals surface area contributed by atoms with E-state index < -0.39 is 10.0 Å². The van der Waals surface area contributed by atoms with Crippen molar-refractivity contribution in [3.8, 4) is 0 Å². The van der Waals surface area contributed by atoms with Crippen molar-refractivity contribution in [2.24, 2.45) is 5.92 Å². The minimum absolute atomic E-state index is 0.188. The number of piperidine rings is 1. The highest BCUT2D eigenvalue weighted by Gasteiger charge is 2.22. The summed E-state index contributed by atoms with van der Waals surface area (Å²) in [5.41, 5.74) is 1.89. The Morgan fingerprint density at radius 3 is 2.29 bits per heavy atom. The van der Waals surface area contributed by atoms with Gasteiger partial charge in [-0.25, -0.2) is 13.1 Å². The molecule has 0 saturated carbocycles. The number of sulfonamides is 1. The van der Waals surface area contributed by atoms with E-state index in [1.54, 1.807) is 12.1 Å². The molecule has 28 heavy (non-hydrogen) atoms. The second kappa shape index (κ2) is 9.32. The topological polar surface area (TPSA) is 78.5 Å². The molecule has 7 heteroatoms. The summed E-state index contributed by atoms with van der Waals surface area (Å²) in [6, 6.07) is 16.6. The van der Waals surface area contributed by atoms with E-state index in [4.69, 9.17) is 0 Å². The van der Waals surface area contributed by atoms with E-state index in [0.29, 0.717) is 18.2 Å². The number of nitrogens with one attached hydrogen (secondary N) is 2. The maximum Gasteiger partial charge on any atom is 0.240 e. The van der Waals surface area contributed by atoms with Crippen LogP contribution in [0.5, 0.6) is 0 Å². The highest BCUT2D eigenvalue weighted by Crippen LogP contribution is 2.20. The summed E-state index contributed by atoms with van der Waals surface area (Å²) in [5.74, 6) is 0.160.